The van der Waals surface area contributed by atoms with Crippen molar-refractivity contribution in [1.29, 1.82) is 0 Å². The lowest BCUT2D eigenvalue weighted by atomic mass is 9.88. The van der Waals surface area contributed by atoms with Gasteiger partial charge in [0.05, 0.1) is 0 Å². The van der Waals surface area contributed by atoms with Gasteiger partial charge in [0, 0.05) is 18.9 Å². The zero-order valence-electron chi connectivity index (χ0n) is 11.4. The van der Waals surface area contributed by atoms with Crippen molar-refractivity contribution in [1.82, 2.24) is 9.97 Å². The molecule has 0 bridgehead atoms. The van der Waals surface area contributed by atoms with E-state index in [0.29, 0.717) is 11.6 Å². The Morgan fingerprint density at radius 3 is 2.47 bits per heavy atom. The number of nitrogens with zero attached hydrogens (tertiary/aromatic N) is 2. The molecule has 4 nitrogen and oxygen atoms in total. The lowest BCUT2D eigenvalue weighted by Crippen LogP contribution is -2.23. The summed E-state index contributed by atoms with van der Waals surface area (Å²) in [5, 5.41) is 0. The maximum Gasteiger partial charge on any atom is 0.160 e. The molecule has 1 unspecified atom stereocenters. The summed E-state index contributed by atoms with van der Waals surface area (Å²) < 4.78 is 5.51. The van der Waals surface area contributed by atoms with Gasteiger partial charge in [-0.1, -0.05) is 34.1 Å². The van der Waals surface area contributed by atoms with Gasteiger partial charge in [0.2, 0.25) is 0 Å². The molecule has 1 aromatic heterocycles. The molecular weight excluding hydrogens is 214 g/mol. The van der Waals surface area contributed by atoms with E-state index in [0.717, 1.165) is 18.5 Å². The van der Waals surface area contributed by atoms with Gasteiger partial charge in [-0.3, -0.25) is 0 Å². The number of aromatic nitrogens is 2. The summed E-state index contributed by atoms with van der Waals surface area (Å²) >= 11 is 0. The Hall–Kier alpha value is -1.16. The van der Waals surface area contributed by atoms with Crippen LogP contribution in [0.5, 0.6) is 0 Å². The number of nitrogens with two attached hydrogens (primary N) is 1. The van der Waals surface area contributed by atoms with Gasteiger partial charge in [-0.05, 0) is 11.8 Å². The fraction of sp³-hybridized carbons (Fsp3) is 0.692. The average molecular weight is 237 g/mol. The van der Waals surface area contributed by atoms with E-state index in [4.69, 9.17) is 10.5 Å². The van der Waals surface area contributed by atoms with Crippen molar-refractivity contribution < 1.29 is 4.74 Å². The summed E-state index contributed by atoms with van der Waals surface area (Å²) in [4.78, 5) is 8.84. The van der Waals surface area contributed by atoms with Crippen LogP contribution < -0.4 is 5.73 Å². The third kappa shape index (κ3) is 3.66. The molecule has 2 N–H and O–H groups in total. The van der Waals surface area contributed by atoms with Gasteiger partial charge in [0.1, 0.15) is 11.9 Å². The van der Waals surface area contributed by atoms with Gasteiger partial charge < -0.3 is 10.5 Å². The average Bonchev–Trinajstić information content (AvgIpc) is 2.15. The predicted octanol–water partition coefficient (Wildman–Crippen LogP) is 2.74. The second-order valence-electron chi connectivity index (χ2n) is 5.37. The number of ether oxygens (including phenoxy) is 1. The van der Waals surface area contributed by atoms with Gasteiger partial charge in [-0.2, -0.15) is 0 Å². The highest BCUT2D eigenvalue weighted by Gasteiger charge is 2.29. The van der Waals surface area contributed by atoms with Crippen molar-refractivity contribution >= 4 is 5.82 Å². The third-order valence-electron chi connectivity index (χ3n) is 2.58. The van der Waals surface area contributed by atoms with Crippen LogP contribution in [0.15, 0.2) is 6.07 Å². The first kappa shape index (κ1) is 13.9. The van der Waals surface area contributed by atoms with Crippen molar-refractivity contribution in [3.63, 3.8) is 0 Å². The van der Waals surface area contributed by atoms with Crippen LogP contribution in [0.3, 0.4) is 0 Å². The van der Waals surface area contributed by atoms with Crippen LogP contribution >= 0.6 is 0 Å². The number of anilines is 1. The summed E-state index contributed by atoms with van der Waals surface area (Å²) in [5.74, 6) is 1.20. The molecule has 0 aromatic carbocycles. The van der Waals surface area contributed by atoms with Crippen LogP contribution in [0, 0.1) is 5.41 Å². The van der Waals surface area contributed by atoms with Crippen LogP contribution in [0.25, 0.3) is 0 Å². The standard InChI is InChI=1S/C13H23N3O/c1-6-7-9-8-10(14)16-12(15-9)11(17-5)13(2,3)4/h8,11H,6-7H2,1-5H3,(H2,14,15,16). The maximum absolute atomic E-state index is 5.82. The van der Waals surface area contributed by atoms with Crippen LogP contribution in [-0.2, 0) is 11.2 Å². The number of rotatable bonds is 4. The Balaban J connectivity index is 3.11. The fourth-order valence-corrected chi connectivity index (χ4v) is 1.89. The Morgan fingerprint density at radius 1 is 1.35 bits per heavy atom. The molecule has 17 heavy (non-hydrogen) atoms. The van der Waals surface area contributed by atoms with Gasteiger partial charge in [0.25, 0.3) is 0 Å². The summed E-state index contributed by atoms with van der Waals surface area (Å²) in [5.41, 5.74) is 6.76. The SMILES string of the molecule is CCCc1cc(N)nc(C(OC)C(C)(C)C)n1. The van der Waals surface area contributed by atoms with Crippen molar-refractivity contribution in [2.24, 2.45) is 5.41 Å². The largest absolute Gasteiger partial charge is 0.384 e. The highest BCUT2D eigenvalue weighted by atomic mass is 16.5. The number of aryl methyl sites for hydroxylation is 1. The van der Waals surface area contributed by atoms with E-state index >= 15 is 0 Å². The number of nitrogen functional groups attached to an aromatic ring is 1. The normalized spacial score (nSPS) is 13.7. The fourth-order valence-electron chi connectivity index (χ4n) is 1.89. The summed E-state index contributed by atoms with van der Waals surface area (Å²) in [6, 6.07) is 1.84. The van der Waals surface area contributed by atoms with E-state index in [2.05, 4.69) is 37.7 Å². The van der Waals surface area contributed by atoms with E-state index in [1.165, 1.54) is 0 Å². The Labute approximate surface area is 104 Å². The molecule has 0 aliphatic rings. The van der Waals surface area contributed by atoms with E-state index in [1.807, 2.05) is 6.07 Å². The molecule has 0 aliphatic carbocycles. The Morgan fingerprint density at radius 2 is 2.00 bits per heavy atom. The first-order valence-corrected chi connectivity index (χ1v) is 6.04. The minimum absolute atomic E-state index is 0.0496. The second-order valence-corrected chi connectivity index (χ2v) is 5.37. The van der Waals surface area contributed by atoms with Crippen molar-refractivity contribution in [2.45, 2.75) is 46.6 Å². The molecule has 1 rings (SSSR count). The molecule has 0 radical (unpaired) electrons. The van der Waals surface area contributed by atoms with Crippen molar-refractivity contribution in [2.75, 3.05) is 12.8 Å². The van der Waals surface area contributed by atoms with Crippen molar-refractivity contribution in [3.8, 4) is 0 Å². The zero-order valence-corrected chi connectivity index (χ0v) is 11.4. The van der Waals surface area contributed by atoms with E-state index in [1.54, 1.807) is 7.11 Å². The van der Waals surface area contributed by atoms with E-state index in [9.17, 15) is 0 Å². The summed E-state index contributed by atoms with van der Waals surface area (Å²) in [7, 11) is 1.68. The third-order valence-corrected chi connectivity index (χ3v) is 2.58. The van der Waals surface area contributed by atoms with Gasteiger partial charge in [-0.25, -0.2) is 9.97 Å². The molecule has 1 atom stereocenters. The summed E-state index contributed by atoms with van der Waals surface area (Å²) in [6.07, 6.45) is 1.82. The number of methoxy groups -OCH3 is 1. The van der Waals surface area contributed by atoms with Crippen LogP contribution in [-0.4, -0.2) is 17.1 Å². The molecular formula is C13H23N3O. The lowest BCUT2D eigenvalue weighted by molar-refractivity contribution is 0.00862. The second kappa shape index (κ2) is 5.45. The molecule has 1 aromatic rings. The highest BCUT2D eigenvalue weighted by molar-refractivity contribution is 5.30. The van der Waals surface area contributed by atoms with Crippen molar-refractivity contribution in [3.05, 3.63) is 17.6 Å². The lowest BCUT2D eigenvalue weighted by Gasteiger charge is -2.28. The Kier molecular flexibility index (Phi) is 4.46. The van der Waals surface area contributed by atoms with Crippen LogP contribution in [0.4, 0.5) is 5.82 Å². The molecule has 4 heteroatoms. The molecule has 0 fully saturated rings. The van der Waals surface area contributed by atoms with E-state index in [-0.39, 0.29) is 11.5 Å². The molecule has 0 aliphatic heterocycles. The quantitative estimate of drug-likeness (QED) is 0.874. The van der Waals surface area contributed by atoms with Gasteiger partial charge >= 0.3 is 0 Å². The van der Waals surface area contributed by atoms with Gasteiger partial charge in [-0.15, -0.1) is 0 Å². The first-order valence-electron chi connectivity index (χ1n) is 6.04. The van der Waals surface area contributed by atoms with Crippen LogP contribution in [0.2, 0.25) is 0 Å². The molecule has 1 heterocycles. The minimum atomic E-state index is -0.137. The smallest absolute Gasteiger partial charge is 0.160 e. The number of hydrogen-bond donors (Lipinski definition) is 1. The van der Waals surface area contributed by atoms with E-state index < -0.39 is 0 Å². The summed E-state index contributed by atoms with van der Waals surface area (Å²) in [6.45, 7) is 8.43. The number of hydrogen-bond acceptors (Lipinski definition) is 4. The molecule has 0 saturated heterocycles. The maximum atomic E-state index is 5.82. The topological polar surface area (TPSA) is 61.0 Å². The first-order chi connectivity index (χ1) is 7.88. The highest BCUT2D eigenvalue weighted by Crippen LogP contribution is 2.33. The minimum Gasteiger partial charge on any atom is -0.384 e. The Bertz CT molecular complexity index is 371. The van der Waals surface area contributed by atoms with Crippen LogP contribution in [0.1, 0.15) is 51.7 Å². The predicted molar refractivity (Wildman–Crippen MR) is 69.6 cm³/mol. The molecule has 96 valence electrons. The molecule has 0 saturated carbocycles. The van der Waals surface area contributed by atoms with Gasteiger partial charge in [0.15, 0.2) is 5.82 Å². The monoisotopic (exact) mass is 237 g/mol. The zero-order chi connectivity index (χ0) is 13.1. The molecule has 0 spiro atoms. The molecule has 0 amide bonds.